The van der Waals surface area contributed by atoms with Crippen molar-refractivity contribution in [3.63, 3.8) is 0 Å². The summed E-state index contributed by atoms with van der Waals surface area (Å²) in [6.45, 7) is 1.78. The van der Waals surface area contributed by atoms with E-state index in [0.717, 1.165) is 5.56 Å². The number of nitrogens with zero attached hydrogens (tertiary/aromatic N) is 2. The van der Waals surface area contributed by atoms with Crippen LogP contribution < -0.4 is 0 Å². The Labute approximate surface area is 101 Å². The van der Waals surface area contributed by atoms with Crippen LogP contribution in [0, 0.1) is 17.0 Å². The van der Waals surface area contributed by atoms with E-state index < -0.39 is 4.92 Å². The van der Waals surface area contributed by atoms with Crippen LogP contribution in [0.5, 0.6) is 0 Å². The zero-order valence-electron chi connectivity index (χ0n) is 8.20. The molecule has 4 nitrogen and oxygen atoms in total. The first-order valence-electron chi connectivity index (χ1n) is 4.40. The number of pyridine rings is 1. The number of nitro groups is 1. The molecule has 0 radical (unpaired) electrons. The van der Waals surface area contributed by atoms with Gasteiger partial charge in [0.15, 0.2) is 0 Å². The second-order valence-electron chi connectivity index (χ2n) is 3.35. The Hall–Kier alpha value is -1.39. The van der Waals surface area contributed by atoms with E-state index in [0.29, 0.717) is 16.1 Å². The molecule has 0 aliphatic heterocycles. The Balaban J connectivity index is 2.82. The van der Waals surface area contributed by atoms with E-state index in [1.165, 1.54) is 12.1 Å². The first-order chi connectivity index (χ1) is 7.49. The van der Waals surface area contributed by atoms with Gasteiger partial charge in [0, 0.05) is 17.5 Å². The molecular weight excluding hydrogens is 251 g/mol. The Morgan fingerprint density at radius 3 is 2.62 bits per heavy atom. The van der Waals surface area contributed by atoms with Gasteiger partial charge in [-0.3, -0.25) is 10.1 Å². The predicted octanol–water partition coefficient (Wildman–Crippen LogP) is 3.76. The average Bonchev–Trinajstić information content (AvgIpc) is 2.20. The van der Waals surface area contributed by atoms with E-state index in [9.17, 15) is 10.1 Å². The highest BCUT2D eigenvalue weighted by Gasteiger charge is 2.12. The van der Waals surface area contributed by atoms with Crippen molar-refractivity contribution in [1.29, 1.82) is 0 Å². The minimum atomic E-state index is -0.491. The molecule has 1 aromatic heterocycles. The van der Waals surface area contributed by atoms with Crippen LogP contribution in [0.15, 0.2) is 18.2 Å². The zero-order valence-corrected chi connectivity index (χ0v) is 9.71. The van der Waals surface area contributed by atoms with Crippen molar-refractivity contribution in [3.8, 4) is 0 Å². The summed E-state index contributed by atoms with van der Waals surface area (Å²) in [7, 11) is 0. The fourth-order valence-corrected chi connectivity index (χ4v) is 1.82. The molecular formula is C10H6Cl2N2O2. The number of benzene rings is 1. The maximum Gasteiger partial charge on any atom is 0.271 e. The lowest BCUT2D eigenvalue weighted by Gasteiger charge is -2.03. The molecule has 0 aliphatic carbocycles. The topological polar surface area (TPSA) is 56.0 Å². The third-order valence-corrected chi connectivity index (χ3v) is 2.87. The van der Waals surface area contributed by atoms with Gasteiger partial charge in [-0.05, 0) is 18.6 Å². The standard InChI is InChI=1S/C10H6Cl2N2O2/c1-5-2-6-3-7(14(15)16)4-8(11)9(6)13-10(5)12/h2-4H,1H3. The first kappa shape index (κ1) is 11.1. The van der Waals surface area contributed by atoms with Gasteiger partial charge in [-0.2, -0.15) is 0 Å². The van der Waals surface area contributed by atoms with Crippen molar-refractivity contribution in [2.75, 3.05) is 0 Å². The summed E-state index contributed by atoms with van der Waals surface area (Å²) < 4.78 is 0. The lowest BCUT2D eigenvalue weighted by atomic mass is 10.1. The molecule has 0 saturated carbocycles. The van der Waals surface area contributed by atoms with Gasteiger partial charge in [-0.25, -0.2) is 4.98 Å². The van der Waals surface area contributed by atoms with Gasteiger partial charge in [0.25, 0.3) is 5.69 Å². The van der Waals surface area contributed by atoms with Crippen molar-refractivity contribution >= 4 is 39.8 Å². The molecule has 0 N–H and O–H groups in total. The number of nitro benzene ring substituents is 1. The lowest BCUT2D eigenvalue weighted by Crippen LogP contribution is -1.91. The van der Waals surface area contributed by atoms with Crippen LogP contribution in [-0.2, 0) is 0 Å². The van der Waals surface area contributed by atoms with Gasteiger partial charge in [0.05, 0.1) is 15.5 Å². The van der Waals surface area contributed by atoms with Gasteiger partial charge < -0.3 is 0 Å². The quantitative estimate of drug-likeness (QED) is 0.444. The van der Waals surface area contributed by atoms with Gasteiger partial charge >= 0.3 is 0 Å². The maximum absolute atomic E-state index is 10.6. The summed E-state index contributed by atoms with van der Waals surface area (Å²) in [4.78, 5) is 14.2. The van der Waals surface area contributed by atoms with E-state index in [1.54, 1.807) is 13.0 Å². The van der Waals surface area contributed by atoms with Crippen molar-refractivity contribution in [2.24, 2.45) is 0 Å². The van der Waals surface area contributed by atoms with E-state index in [-0.39, 0.29) is 10.7 Å². The largest absolute Gasteiger partial charge is 0.271 e. The summed E-state index contributed by atoms with van der Waals surface area (Å²) in [6.07, 6.45) is 0. The third-order valence-electron chi connectivity index (χ3n) is 2.20. The van der Waals surface area contributed by atoms with Crippen LogP contribution in [0.3, 0.4) is 0 Å². The second kappa shape index (κ2) is 3.88. The normalized spacial score (nSPS) is 10.7. The minimum Gasteiger partial charge on any atom is -0.258 e. The Morgan fingerprint density at radius 1 is 1.31 bits per heavy atom. The number of aromatic nitrogens is 1. The highest BCUT2D eigenvalue weighted by molar-refractivity contribution is 6.36. The number of halogens is 2. The minimum absolute atomic E-state index is 0.0546. The Morgan fingerprint density at radius 2 is 2.00 bits per heavy atom. The molecule has 0 unspecified atom stereocenters. The van der Waals surface area contributed by atoms with E-state index in [1.807, 2.05) is 0 Å². The van der Waals surface area contributed by atoms with Crippen LogP contribution >= 0.6 is 23.2 Å². The van der Waals surface area contributed by atoms with Crippen LogP contribution in [0.4, 0.5) is 5.69 Å². The number of hydrogen-bond acceptors (Lipinski definition) is 3. The maximum atomic E-state index is 10.6. The third kappa shape index (κ3) is 1.81. The molecule has 0 spiro atoms. The number of hydrogen-bond donors (Lipinski definition) is 0. The van der Waals surface area contributed by atoms with Gasteiger partial charge in [-0.1, -0.05) is 23.2 Å². The van der Waals surface area contributed by atoms with Crippen molar-refractivity contribution in [1.82, 2.24) is 4.98 Å². The summed E-state index contributed by atoms with van der Waals surface area (Å²) >= 11 is 11.8. The molecule has 0 aliphatic rings. The highest BCUT2D eigenvalue weighted by Crippen LogP contribution is 2.30. The van der Waals surface area contributed by atoms with Crippen molar-refractivity contribution < 1.29 is 4.92 Å². The SMILES string of the molecule is Cc1cc2cc([N+](=O)[O-])cc(Cl)c2nc1Cl. The lowest BCUT2D eigenvalue weighted by molar-refractivity contribution is -0.384. The molecule has 0 amide bonds. The molecule has 0 bridgehead atoms. The van der Waals surface area contributed by atoms with Gasteiger partial charge in [-0.15, -0.1) is 0 Å². The summed E-state index contributed by atoms with van der Waals surface area (Å²) in [5.41, 5.74) is 1.18. The number of fused-ring (bicyclic) bond motifs is 1. The van der Waals surface area contributed by atoms with E-state index in [4.69, 9.17) is 23.2 Å². The van der Waals surface area contributed by atoms with Crippen LogP contribution in [0.25, 0.3) is 10.9 Å². The smallest absolute Gasteiger partial charge is 0.258 e. The van der Waals surface area contributed by atoms with Crippen molar-refractivity contribution in [2.45, 2.75) is 6.92 Å². The molecule has 6 heteroatoms. The number of aryl methyl sites for hydroxylation is 1. The molecule has 1 aromatic carbocycles. The second-order valence-corrected chi connectivity index (χ2v) is 4.12. The Kier molecular flexibility index (Phi) is 2.69. The average molecular weight is 257 g/mol. The molecule has 2 aromatic rings. The molecule has 0 fully saturated rings. The van der Waals surface area contributed by atoms with Gasteiger partial charge in [0.2, 0.25) is 0 Å². The Bertz CT molecular complexity index is 599. The molecule has 0 atom stereocenters. The van der Waals surface area contributed by atoms with Gasteiger partial charge in [0.1, 0.15) is 5.15 Å². The fraction of sp³-hybridized carbons (Fsp3) is 0.100. The molecule has 1 heterocycles. The zero-order chi connectivity index (χ0) is 11.9. The first-order valence-corrected chi connectivity index (χ1v) is 5.15. The number of rotatable bonds is 1. The summed E-state index contributed by atoms with van der Waals surface area (Å²) in [6, 6.07) is 4.42. The predicted molar refractivity (Wildman–Crippen MR) is 63.2 cm³/mol. The van der Waals surface area contributed by atoms with E-state index in [2.05, 4.69) is 4.98 Å². The molecule has 16 heavy (non-hydrogen) atoms. The molecule has 82 valence electrons. The summed E-state index contributed by atoms with van der Waals surface area (Å²) in [5.74, 6) is 0. The van der Waals surface area contributed by atoms with Crippen LogP contribution in [-0.4, -0.2) is 9.91 Å². The van der Waals surface area contributed by atoms with Crippen LogP contribution in [0.2, 0.25) is 10.2 Å². The fourth-order valence-electron chi connectivity index (χ4n) is 1.42. The molecule has 0 saturated heterocycles. The molecule has 2 rings (SSSR count). The monoisotopic (exact) mass is 256 g/mol. The summed E-state index contributed by atoms with van der Waals surface area (Å²) in [5, 5.41) is 11.8. The van der Waals surface area contributed by atoms with E-state index >= 15 is 0 Å². The number of non-ortho nitro benzene ring substituents is 1. The highest BCUT2D eigenvalue weighted by atomic mass is 35.5. The van der Waals surface area contributed by atoms with Crippen molar-refractivity contribution in [3.05, 3.63) is 44.1 Å². The van der Waals surface area contributed by atoms with Crippen LogP contribution in [0.1, 0.15) is 5.56 Å².